The van der Waals surface area contributed by atoms with Gasteiger partial charge in [0.25, 0.3) is 0 Å². The smallest absolute Gasteiger partial charge is 0.303 e. The summed E-state index contributed by atoms with van der Waals surface area (Å²) >= 11 is 0. The minimum atomic E-state index is -0.933. The number of likely N-dealkylation sites (tertiary alicyclic amines) is 1. The van der Waals surface area contributed by atoms with Crippen molar-refractivity contribution in [1.29, 1.82) is 0 Å². The molecular weight excluding hydrogens is 399 g/mol. The molecule has 0 radical (unpaired) electrons. The van der Waals surface area contributed by atoms with Gasteiger partial charge in [-0.15, -0.1) is 0 Å². The molecule has 170 valence electrons. The van der Waals surface area contributed by atoms with E-state index in [0.29, 0.717) is 24.6 Å². The van der Waals surface area contributed by atoms with E-state index in [2.05, 4.69) is 20.7 Å². The number of rotatable bonds is 7. The second-order valence-electron chi connectivity index (χ2n) is 8.73. The second-order valence-corrected chi connectivity index (χ2v) is 8.73. The summed E-state index contributed by atoms with van der Waals surface area (Å²) in [4.78, 5) is 24.0. The van der Waals surface area contributed by atoms with E-state index >= 15 is 0 Å². The standard InChI is InChI=1S/C23H33FN4O3/c24-20(23(29)27-31-22-8-4-5-13-30-22)14-17-9-10-21(25-15-17)26-18-11-12-28(16-18)19-6-2-1-3-7-19/h9-10,14-15,18-19,22H,1-8,11-13,16H2,(H,25,26)(H,27,29)/b20-14+/t18-,22?/m1/s1. The van der Waals surface area contributed by atoms with E-state index in [0.717, 1.165) is 50.3 Å². The van der Waals surface area contributed by atoms with Crippen molar-refractivity contribution in [3.63, 3.8) is 0 Å². The Morgan fingerprint density at radius 1 is 1.16 bits per heavy atom. The van der Waals surface area contributed by atoms with E-state index in [9.17, 15) is 9.18 Å². The average Bonchev–Trinajstić information content (AvgIpc) is 3.28. The number of anilines is 1. The van der Waals surface area contributed by atoms with E-state index in [1.54, 1.807) is 12.3 Å². The normalized spacial score (nSPS) is 26.0. The van der Waals surface area contributed by atoms with Crippen LogP contribution in [0.3, 0.4) is 0 Å². The zero-order chi connectivity index (χ0) is 21.5. The molecule has 1 amide bonds. The summed E-state index contributed by atoms with van der Waals surface area (Å²) in [6.07, 6.45) is 12.7. The van der Waals surface area contributed by atoms with Crippen LogP contribution < -0.4 is 10.8 Å². The largest absolute Gasteiger partial charge is 0.366 e. The van der Waals surface area contributed by atoms with Gasteiger partial charge in [0.2, 0.25) is 0 Å². The minimum Gasteiger partial charge on any atom is -0.366 e. The fourth-order valence-corrected chi connectivity index (χ4v) is 4.65. The Kier molecular flexibility index (Phi) is 7.88. The van der Waals surface area contributed by atoms with Gasteiger partial charge in [-0.25, -0.2) is 19.7 Å². The van der Waals surface area contributed by atoms with Gasteiger partial charge in [0, 0.05) is 44.4 Å². The molecule has 2 atom stereocenters. The van der Waals surface area contributed by atoms with Crippen LogP contribution in [-0.2, 0) is 14.4 Å². The predicted octanol–water partition coefficient (Wildman–Crippen LogP) is 3.79. The summed E-state index contributed by atoms with van der Waals surface area (Å²) in [6.45, 7) is 2.77. The van der Waals surface area contributed by atoms with Gasteiger partial charge in [0.1, 0.15) is 5.82 Å². The molecule has 0 aromatic carbocycles. The van der Waals surface area contributed by atoms with Gasteiger partial charge >= 0.3 is 5.91 Å². The first-order chi connectivity index (χ1) is 15.2. The third-order valence-electron chi connectivity index (χ3n) is 6.38. The molecule has 1 aromatic heterocycles. The monoisotopic (exact) mass is 432 g/mol. The summed E-state index contributed by atoms with van der Waals surface area (Å²) in [7, 11) is 0. The van der Waals surface area contributed by atoms with Crippen molar-refractivity contribution in [1.82, 2.24) is 15.4 Å². The number of pyridine rings is 1. The molecule has 1 unspecified atom stereocenters. The van der Waals surface area contributed by atoms with Crippen molar-refractivity contribution < 1.29 is 18.8 Å². The number of hydroxylamine groups is 1. The number of ether oxygens (including phenoxy) is 1. The number of amides is 1. The van der Waals surface area contributed by atoms with Crippen molar-refractivity contribution in [3.05, 3.63) is 29.7 Å². The quantitative estimate of drug-likeness (QED) is 0.504. The first-order valence-electron chi connectivity index (χ1n) is 11.6. The first kappa shape index (κ1) is 22.2. The summed E-state index contributed by atoms with van der Waals surface area (Å²) < 4.78 is 19.5. The van der Waals surface area contributed by atoms with Crippen LogP contribution in [0.4, 0.5) is 10.2 Å². The number of hydrogen-bond donors (Lipinski definition) is 2. The summed E-state index contributed by atoms with van der Waals surface area (Å²) in [5.74, 6) is -1.09. The molecule has 1 saturated carbocycles. The predicted molar refractivity (Wildman–Crippen MR) is 117 cm³/mol. The van der Waals surface area contributed by atoms with E-state index in [4.69, 9.17) is 9.57 Å². The van der Waals surface area contributed by atoms with E-state index in [1.165, 1.54) is 32.1 Å². The lowest BCUT2D eigenvalue weighted by Crippen LogP contribution is -2.36. The van der Waals surface area contributed by atoms with Crippen molar-refractivity contribution in [2.45, 2.75) is 76.2 Å². The highest BCUT2D eigenvalue weighted by Gasteiger charge is 2.29. The molecule has 0 spiro atoms. The Morgan fingerprint density at radius 2 is 2.00 bits per heavy atom. The summed E-state index contributed by atoms with van der Waals surface area (Å²) in [6, 6.07) is 4.70. The summed E-state index contributed by atoms with van der Waals surface area (Å²) in [5, 5.41) is 3.49. The van der Waals surface area contributed by atoms with Gasteiger partial charge in [-0.2, -0.15) is 0 Å². The molecule has 1 aliphatic carbocycles. The third-order valence-corrected chi connectivity index (χ3v) is 6.38. The topological polar surface area (TPSA) is 75.7 Å². The van der Waals surface area contributed by atoms with E-state index in [1.807, 2.05) is 6.07 Å². The molecule has 7 nitrogen and oxygen atoms in total. The van der Waals surface area contributed by atoms with Crippen molar-refractivity contribution >= 4 is 17.8 Å². The fraction of sp³-hybridized carbons (Fsp3) is 0.652. The molecule has 31 heavy (non-hydrogen) atoms. The minimum absolute atomic E-state index is 0.387. The maximum Gasteiger partial charge on any atom is 0.303 e. The number of carbonyl (C=O) groups excluding carboxylic acids is 1. The SMILES string of the molecule is O=C(NOC1CCCCO1)/C(F)=C\c1ccc(N[C@@H]2CCN(C3CCCCC3)C2)nc1. The number of nitrogens with one attached hydrogen (secondary N) is 2. The molecule has 8 heteroatoms. The number of nitrogens with zero attached hydrogens (tertiary/aromatic N) is 2. The van der Waals surface area contributed by atoms with Crippen LogP contribution in [0.1, 0.15) is 63.4 Å². The van der Waals surface area contributed by atoms with E-state index in [-0.39, 0.29) is 0 Å². The van der Waals surface area contributed by atoms with Crippen LogP contribution in [0.25, 0.3) is 6.08 Å². The maximum absolute atomic E-state index is 14.2. The van der Waals surface area contributed by atoms with Crippen molar-refractivity contribution in [2.75, 3.05) is 25.0 Å². The Balaban J connectivity index is 1.23. The molecule has 4 rings (SSSR count). The third kappa shape index (κ3) is 6.48. The lowest BCUT2D eigenvalue weighted by molar-refractivity contribution is -0.199. The van der Waals surface area contributed by atoms with Crippen LogP contribution in [0.5, 0.6) is 0 Å². The van der Waals surface area contributed by atoms with Gasteiger partial charge in [-0.05, 0) is 55.9 Å². The maximum atomic E-state index is 14.2. The Bertz CT molecular complexity index is 746. The highest BCUT2D eigenvalue weighted by Crippen LogP contribution is 2.26. The Morgan fingerprint density at radius 3 is 2.74 bits per heavy atom. The molecular formula is C23H33FN4O3. The van der Waals surface area contributed by atoms with Crippen LogP contribution in [0, 0.1) is 0 Å². The molecule has 2 N–H and O–H groups in total. The molecule has 2 saturated heterocycles. The molecule has 1 aromatic rings. The number of halogens is 1. The zero-order valence-electron chi connectivity index (χ0n) is 18.0. The number of hydrogen-bond acceptors (Lipinski definition) is 6. The van der Waals surface area contributed by atoms with Crippen LogP contribution in [0.15, 0.2) is 24.2 Å². The van der Waals surface area contributed by atoms with Gasteiger partial charge in [0.15, 0.2) is 12.1 Å². The van der Waals surface area contributed by atoms with Crippen LogP contribution >= 0.6 is 0 Å². The van der Waals surface area contributed by atoms with Crippen molar-refractivity contribution in [2.24, 2.45) is 0 Å². The first-order valence-corrected chi connectivity index (χ1v) is 11.6. The molecule has 3 aliphatic rings. The van der Waals surface area contributed by atoms with Gasteiger partial charge < -0.3 is 10.1 Å². The average molecular weight is 433 g/mol. The molecule has 2 aliphatic heterocycles. The summed E-state index contributed by atoms with van der Waals surface area (Å²) in [5.41, 5.74) is 2.63. The molecule has 3 fully saturated rings. The second kappa shape index (κ2) is 11.0. The van der Waals surface area contributed by atoms with Crippen LogP contribution in [-0.4, -0.2) is 53.9 Å². The Hall–Kier alpha value is -2.03. The molecule has 0 bridgehead atoms. The van der Waals surface area contributed by atoms with Crippen molar-refractivity contribution in [3.8, 4) is 0 Å². The zero-order valence-corrected chi connectivity index (χ0v) is 18.0. The fourth-order valence-electron chi connectivity index (χ4n) is 4.65. The highest BCUT2D eigenvalue weighted by molar-refractivity contribution is 5.94. The Labute approximate surface area is 183 Å². The van der Waals surface area contributed by atoms with Gasteiger partial charge in [0.05, 0.1) is 0 Å². The van der Waals surface area contributed by atoms with Gasteiger partial charge in [-0.3, -0.25) is 9.69 Å². The number of carbonyl (C=O) groups is 1. The van der Waals surface area contributed by atoms with E-state index < -0.39 is 18.0 Å². The lowest BCUT2D eigenvalue weighted by atomic mass is 9.94. The van der Waals surface area contributed by atoms with Crippen LogP contribution in [0.2, 0.25) is 0 Å². The molecule has 3 heterocycles. The highest BCUT2D eigenvalue weighted by atomic mass is 19.1. The lowest BCUT2D eigenvalue weighted by Gasteiger charge is -2.31. The number of aromatic nitrogens is 1. The van der Waals surface area contributed by atoms with Gasteiger partial charge in [-0.1, -0.05) is 19.3 Å².